The average molecular weight is 266 g/mol. The smallest absolute Gasteiger partial charge is 0.306 e. The van der Waals surface area contributed by atoms with Gasteiger partial charge in [-0.05, 0) is 24.5 Å². The van der Waals surface area contributed by atoms with E-state index in [-0.39, 0.29) is 12.2 Å². The van der Waals surface area contributed by atoms with Crippen LogP contribution in [0.3, 0.4) is 0 Å². The van der Waals surface area contributed by atoms with Gasteiger partial charge in [-0.25, -0.2) is 4.39 Å². The minimum Gasteiger partial charge on any atom is -0.481 e. The lowest BCUT2D eigenvalue weighted by Crippen LogP contribution is -2.17. The molecule has 0 aliphatic carbocycles. The van der Waals surface area contributed by atoms with Crippen LogP contribution in [0.15, 0.2) is 24.3 Å². The van der Waals surface area contributed by atoms with Crippen LogP contribution in [0.2, 0.25) is 0 Å². The number of unbranched alkanes of at least 4 members (excludes halogenated alkanes) is 4. The summed E-state index contributed by atoms with van der Waals surface area (Å²) < 4.78 is 13.5. The van der Waals surface area contributed by atoms with Gasteiger partial charge in [0.15, 0.2) is 0 Å². The zero-order valence-corrected chi connectivity index (χ0v) is 11.6. The Morgan fingerprint density at radius 1 is 1.21 bits per heavy atom. The molecule has 1 atom stereocenters. The maximum atomic E-state index is 13.5. The molecular weight excluding hydrogens is 243 g/mol. The summed E-state index contributed by atoms with van der Waals surface area (Å²) in [7, 11) is 0. The van der Waals surface area contributed by atoms with Gasteiger partial charge < -0.3 is 5.11 Å². The van der Waals surface area contributed by atoms with Crippen molar-refractivity contribution in [1.29, 1.82) is 0 Å². The van der Waals surface area contributed by atoms with E-state index in [1.165, 1.54) is 18.9 Å². The number of benzene rings is 1. The summed E-state index contributed by atoms with van der Waals surface area (Å²) in [5.74, 6) is -1.60. The Bertz CT molecular complexity index is 390. The lowest BCUT2D eigenvalue weighted by atomic mass is 9.93. The van der Waals surface area contributed by atoms with E-state index in [0.717, 1.165) is 19.3 Å². The summed E-state index contributed by atoms with van der Waals surface area (Å²) in [6, 6.07) is 6.43. The minimum atomic E-state index is -0.821. The standard InChI is InChI=1S/C16H23FO2/c1-2-3-4-5-6-10-14(16(18)19)12-13-9-7-8-11-15(13)17/h7-9,11,14H,2-6,10,12H2,1H3,(H,18,19). The highest BCUT2D eigenvalue weighted by molar-refractivity contribution is 5.70. The van der Waals surface area contributed by atoms with Crippen molar-refractivity contribution < 1.29 is 14.3 Å². The highest BCUT2D eigenvalue weighted by Crippen LogP contribution is 2.19. The predicted octanol–water partition coefficient (Wildman–Crippen LogP) is 4.43. The number of hydrogen-bond donors (Lipinski definition) is 1. The van der Waals surface area contributed by atoms with E-state index in [0.29, 0.717) is 12.0 Å². The third-order valence-electron chi connectivity index (χ3n) is 3.43. The second-order valence-corrected chi connectivity index (χ2v) is 5.03. The van der Waals surface area contributed by atoms with Crippen molar-refractivity contribution in [2.24, 2.45) is 5.92 Å². The Hall–Kier alpha value is -1.38. The number of carbonyl (C=O) groups is 1. The Kier molecular flexibility index (Phi) is 7.16. The van der Waals surface area contributed by atoms with Gasteiger partial charge in [-0.15, -0.1) is 0 Å². The van der Waals surface area contributed by atoms with Gasteiger partial charge in [-0.2, -0.15) is 0 Å². The molecule has 3 heteroatoms. The minimum absolute atomic E-state index is 0.287. The van der Waals surface area contributed by atoms with E-state index in [2.05, 4.69) is 6.92 Å². The normalized spacial score (nSPS) is 12.3. The van der Waals surface area contributed by atoms with Crippen LogP contribution in [0.5, 0.6) is 0 Å². The van der Waals surface area contributed by atoms with Gasteiger partial charge in [0.25, 0.3) is 0 Å². The Morgan fingerprint density at radius 3 is 2.53 bits per heavy atom. The molecule has 0 spiro atoms. The van der Waals surface area contributed by atoms with Gasteiger partial charge in [-0.1, -0.05) is 57.2 Å². The van der Waals surface area contributed by atoms with E-state index < -0.39 is 11.9 Å². The van der Waals surface area contributed by atoms with Crippen LogP contribution in [0.1, 0.15) is 51.0 Å². The summed E-state index contributed by atoms with van der Waals surface area (Å²) >= 11 is 0. The van der Waals surface area contributed by atoms with Crippen molar-refractivity contribution in [2.75, 3.05) is 0 Å². The number of aliphatic carboxylic acids is 1. The molecule has 1 unspecified atom stereocenters. The SMILES string of the molecule is CCCCCCCC(Cc1ccccc1F)C(=O)O. The fraction of sp³-hybridized carbons (Fsp3) is 0.562. The molecule has 1 aromatic rings. The van der Waals surface area contributed by atoms with Crippen LogP contribution in [-0.2, 0) is 11.2 Å². The molecule has 0 radical (unpaired) electrons. The van der Waals surface area contributed by atoms with Crippen LogP contribution in [0.4, 0.5) is 4.39 Å². The van der Waals surface area contributed by atoms with Crippen LogP contribution in [-0.4, -0.2) is 11.1 Å². The number of carboxylic acid groups (broad SMARTS) is 1. The third-order valence-corrected chi connectivity index (χ3v) is 3.43. The van der Waals surface area contributed by atoms with Gasteiger partial charge in [-0.3, -0.25) is 4.79 Å². The number of carboxylic acids is 1. The fourth-order valence-corrected chi connectivity index (χ4v) is 2.24. The number of hydrogen-bond acceptors (Lipinski definition) is 1. The summed E-state index contributed by atoms with van der Waals surface area (Å²) in [6.45, 7) is 2.15. The second kappa shape index (κ2) is 8.68. The lowest BCUT2D eigenvalue weighted by molar-refractivity contribution is -0.142. The van der Waals surface area contributed by atoms with E-state index in [9.17, 15) is 14.3 Å². The maximum absolute atomic E-state index is 13.5. The van der Waals surface area contributed by atoms with Crippen molar-refractivity contribution in [3.05, 3.63) is 35.6 Å². The zero-order chi connectivity index (χ0) is 14.1. The van der Waals surface area contributed by atoms with Crippen molar-refractivity contribution in [1.82, 2.24) is 0 Å². The van der Waals surface area contributed by atoms with Gasteiger partial charge >= 0.3 is 5.97 Å². The first kappa shape index (κ1) is 15.7. The zero-order valence-electron chi connectivity index (χ0n) is 11.6. The van der Waals surface area contributed by atoms with Crippen molar-refractivity contribution in [2.45, 2.75) is 51.9 Å². The Balaban J connectivity index is 2.45. The molecule has 0 aliphatic rings. The topological polar surface area (TPSA) is 37.3 Å². The predicted molar refractivity (Wildman–Crippen MR) is 74.6 cm³/mol. The molecule has 106 valence electrons. The molecular formula is C16H23FO2. The molecule has 0 fully saturated rings. The first-order chi connectivity index (χ1) is 9.15. The Labute approximate surface area is 114 Å². The van der Waals surface area contributed by atoms with E-state index >= 15 is 0 Å². The first-order valence-corrected chi connectivity index (χ1v) is 7.11. The quantitative estimate of drug-likeness (QED) is 0.671. The molecule has 1 rings (SSSR count). The van der Waals surface area contributed by atoms with E-state index in [4.69, 9.17) is 0 Å². The van der Waals surface area contributed by atoms with E-state index in [1.807, 2.05) is 0 Å². The van der Waals surface area contributed by atoms with Crippen LogP contribution >= 0.6 is 0 Å². The summed E-state index contributed by atoms with van der Waals surface area (Å²) in [6.07, 6.45) is 6.43. The van der Waals surface area contributed by atoms with Crippen molar-refractivity contribution >= 4 is 5.97 Å². The molecule has 0 saturated heterocycles. The lowest BCUT2D eigenvalue weighted by Gasteiger charge is -2.12. The monoisotopic (exact) mass is 266 g/mol. The molecule has 0 amide bonds. The highest BCUT2D eigenvalue weighted by Gasteiger charge is 2.18. The van der Waals surface area contributed by atoms with Gasteiger partial charge in [0.2, 0.25) is 0 Å². The number of halogens is 1. The summed E-state index contributed by atoms with van der Waals surface area (Å²) in [5, 5.41) is 9.21. The molecule has 0 bridgehead atoms. The average Bonchev–Trinajstić information content (AvgIpc) is 2.39. The molecule has 0 heterocycles. The van der Waals surface area contributed by atoms with Crippen molar-refractivity contribution in [3.63, 3.8) is 0 Å². The number of rotatable bonds is 9. The molecule has 0 aromatic heterocycles. The molecule has 0 saturated carbocycles. The van der Waals surface area contributed by atoms with Crippen LogP contribution in [0, 0.1) is 11.7 Å². The van der Waals surface area contributed by atoms with Gasteiger partial charge in [0, 0.05) is 0 Å². The molecule has 19 heavy (non-hydrogen) atoms. The maximum Gasteiger partial charge on any atom is 0.306 e. The van der Waals surface area contributed by atoms with Gasteiger partial charge in [0.1, 0.15) is 5.82 Å². The van der Waals surface area contributed by atoms with Crippen molar-refractivity contribution in [3.8, 4) is 0 Å². The second-order valence-electron chi connectivity index (χ2n) is 5.03. The summed E-state index contributed by atoms with van der Waals surface area (Å²) in [5.41, 5.74) is 0.503. The fourth-order valence-electron chi connectivity index (χ4n) is 2.24. The molecule has 1 aromatic carbocycles. The molecule has 1 N–H and O–H groups in total. The molecule has 0 aliphatic heterocycles. The highest BCUT2D eigenvalue weighted by atomic mass is 19.1. The first-order valence-electron chi connectivity index (χ1n) is 7.11. The summed E-state index contributed by atoms with van der Waals surface area (Å²) in [4.78, 5) is 11.2. The largest absolute Gasteiger partial charge is 0.481 e. The van der Waals surface area contributed by atoms with Crippen LogP contribution < -0.4 is 0 Å². The van der Waals surface area contributed by atoms with E-state index in [1.54, 1.807) is 18.2 Å². The Morgan fingerprint density at radius 2 is 1.89 bits per heavy atom. The molecule has 2 nitrogen and oxygen atoms in total. The van der Waals surface area contributed by atoms with Gasteiger partial charge in [0.05, 0.1) is 5.92 Å². The third kappa shape index (κ3) is 5.86. The van der Waals surface area contributed by atoms with Crippen LogP contribution in [0.25, 0.3) is 0 Å².